The Kier molecular flexibility index (Phi) is 3.88. The zero-order valence-corrected chi connectivity index (χ0v) is 9.27. The molecule has 1 aromatic heterocycles. The van der Waals surface area contributed by atoms with Crippen molar-refractivity contribution in [2.24, 2.45) is 5.92 Å². The Morgan fingerprint density at radius 1 is 1.38 bits per heavy atom. The van der Waals surface area contributed by atoms with Crippen LogP contribution in [-0.2, 0) is 12.8 Å². The van der Waals surface area contributed by atoms with E-state index in [2.05, 4.69) is 18.8 Å². The molecule has 1 atom stereocenters. The fraction of sp³-hybridized carbons (Fsp3) is 0.700. The topological polar surface area (TPSA) is 33.1 Å². The van der Waals surface area contributed by atoms with E-state index in [0.29, 0.717) is 5.92 Å². The molecule has 0 aliphatic heterocycles. The van der Waals surface area contributed by atoms with E-state index >= 15 is 0 Å². The Bertz CT molecular complexity index is 231. The average Bonchev–Trinajstić information content (AvgIpc) is 2.33. The van der Waals surface area contributed by atoms with Gasteiger partial charge in [-0.2, -0.15) is 0 Å². The Morgan fingerprint density at radius 2 is 2.08 bits per heavy atom. The van der Waals surface area contributed by atoms with Crippen LogP contribution in [0.1, 0.15) is 30.7 Å². The molecule has 0 aliphatic carbocycles. The van der Waals surface area contributed by atoms with Crippen LogP contribution in [0, 0.1) is 5.92 Å². The van der Waals surface area contributed by atoms with Crippen LogP contribution in [-0.4, -0.2) is 16.2 Å². The standard InChI is InChI=1S/C10H17NOS/c1-7(2)4-10-11-6-9(13-10)5-8(3)12/h6-8,12H,4-5H2,1-3H3. The van der Waals surface area contributed by atoms with Crippen LogP contribution in [0.3, 0.4) is 0 Å². The highest BCUT2D eigenvalue weighted by molar-refractivity contribution is 7.11. The average molecular weight is 199 g/mol. The summed E-state index contributed by atoms with van der Waals surface area (Å²) in [5.74, 6) is 0.658. The zero-order valence-electron chi connectivity index (χ0n) is 8.45. The van der Waals surface area contributed by atoms with E-state index in [9.17, 15) is 5.11 Å². The summed E-state index contributed by atoms with van der Waals surface area (Å²) in [6.45, 7) is 6.19. The smallest absolute Gasteiger partial charge is 0.0930 e. The van der Waals surface area contributed by atoms with Gasteiger partial charge in [-0.3, -0.25) is 0 Å². The van der Waals surface area contributed by atoms with Gasteiger partial charge in [0.2, 0.25) is 0 Å². The molecule has 0 bridgehead atoms. The van der Waals surface area contributed by atoms with Crippen LogP contribution < -0.4 is 0 Å². The van der Waals surface area contributed by atoms with Crippen LogP contribution in [0.2, 0.25) is 0 Å². The first-order valence-electron chi connectivity index (χ1n) is 4.69. The normalized spacial score (nSPS) is 13.6. The Morgan fingerprint density at radius 3 is 2.62 bits per heavy atom. The fourth-order valence-corrected chi connectivity index (χ4v) is 2.43. The second-order valence-corrected chi connectivity index (χ2v) is 5.07. The second-order valence-electron chi connectivity index (χ2n) is 3.87. The molecule has 0 aromatic carbocycles. The van der Waals surface area contributed by atoms with Gasteiger partial charge in [-0.05, 0) is 12.8 Å². The summed E-state index contributed by atoms with van der Waals surface area (Å²) in [7, 11) is 0. The first-order valence-corrected chi connectivity index (χ1v) is 5.51. The van der Waals surface area contributed by atoms with Crippen molar-refractivity contribution in [1.82, 2.24) is 4.98 Å². The van der Waals surface area contributed by atoms with Gasteiger partial charge in [-0.1, -0.05) is 13.8 Å². The molecule has 1 heterocycles. The third kappa shape index (κ3) is 3.87. The highest BCUT2D eigenvalue weighted by Gasteiger charge is 2.06. The molecular weight excluding hydrogens is 182 g/mol. The van der Waals surface area contributed by atoms with Crippen LogP contribution >= 0.6 is 11.3 Å². The number of aromatic nitrogens is 1. The van der Waals surface area contributed by atoms with Crippen LogP contribution in [0.25, 0.3) is 0 Å². The summed E-state index contributed by atoms with van der Waals surface area (Å²) in [5, 5.41) is 10.4. The van der Waals surface area contributed by atoms with Gasteiger partial charge in [0.05, 0.1) is 11.1 Å². The number of nitrogens with zero attached hydrogens (tertiary/aromatic N) is 1. The third-order valence-electron chi connectivity index (χ3n) is 1.68. The molecule has 0 spiro atoms. The second kappa shape index (κ2) is 4.72. The van der Waals surface area contributed by atoms with Gasteiger partial charge < -0.3 is 5.11 Å². The van der Waals surface area contributed by atoms with Crippen LogP contribution in [0.4, 0.5) is 0 Å². The highest BCUT2D eigenvalue weighted by atomic mass is 32.1. The summed E-state index contributed by atoms with van der Waals surface area (Å²) in [6.07, 6.45) is 3.40. The first kappa shape index (κ1) is 10.7. The number of thiazole rings is 1. The van der Waals surface area contributed by atoms with Crippen LogP contribution in [0.5, 0.6) is 0 Å². The minimum absolute atomic E-state index is 0.257. The largest absolute Gasteiger partial charge is 0.393 e. The highest BCUT2D eigenvalue weighted by Crippen LogP contribution is 2.17. The first-order chi connectivity index (χ1) is 6.08. The molecule has 1 unspecified atom stereocenters. The minimum Gasteiger partial charge on any atom is -0.393 e. The lowest BCUT2D eigenvalue weighted by Gasteiger charge is -1.99. The molecule has 1 N–H and O–H groups in total. The van der Waals surface area contributed by atoms with E-state index in [1.165, 1.54) is 9.88 Å². The number of rotatable bonds is 4. The maximum Gasteiger partial charge on any atom is 0.0930 e. The molecule has 2 nitrogen and oxygen atoms in total. The quantitative estimate of drug-likeness (QED) is 0.807. The molecule has 0 fully saturated rings. The Hall–Kier alpha value is -0.410. The summed E-state index contributed by atoms with van der Waals surface area (Å²) in [5.41, 5.74) is 0. The predicted molar refractivity (Wildman–Crippen MR) is 56.0 cm³/mol. The maximum absolute atomic E-state index is 9.18. The van der Waals surface area contributed by atoms with Crippen molar-refractivity contribution in [3.05, 3.63) is 16.1 Å². The summed E-state index contributed by atoms with van der Waals surface area (Å²) in [6, 6.07) is 0. The van der Waals surface area contributed by atoms with Crippen LogP contribution in [0.15, 0.2) is 6.20 Å². The molecular formula is C10H17NOS. The van der Waals surface area contributed by atoms with Crippen molar-refractivity contribution in [2.45, 2.75) is 39.7 Å². The zero-order chi connectivity index (χ0) is 9.84. The molecule has 0 amide bonds. The number of hydrogen-bond donors (Lipinski definition) is 1. The SMILES string of the molecule is CC(C)Cc1ncc(CC(C)O)s1. The van der Waals surface area contributed by atoms with E-state index in [0.717, 1.165) is 12.8 Å². The van der Waals surface area contributed by atoms with E-state index in [1.54, 1.807) is 11.3 Å². The fourth-order valence-electron chi connectivity index (χ4n) is 1.18. The van der Waals surface area contributed by atoms with Gasteiger partial charge in [-0.25, -0.2) is 4.98 Å². The Labute approximate surface area is 83.6 Å². The number of aliphatic hydroxyl groups is 1. The van der Waals surface area contributed by atoms with Crippen molar-refractivity contribution < 1.29 is 5.11 Å². The monoisotopic (exact) mass is 199 g/mol. The van der Waals surface area contributed by atoms with Gasteiger partial charge in [-0.15, -0.1) is 11.3 Å². The van der Waals surface area contributed by atoms with E-state index in [-0.39, 0.29) is 6.10 Å². The van der Waals surface area contributed by atoms with Crippen molar-refractivity contribution >= 4 is 11.3 Å². The van der Waals surface area contributed by atoms with Gasteiger partial charge in [0, 0.05) is 23.9 Å². The lowest BCUT2D eigenvalue weighted by molar-refractivity contribution is 0.196. The van der Waals surface area contributed by atoms with Crippen molar-refractivity contribution in [1.29, 1.82) is 0 Å². The van der Waals surface area contributed by atoms with Gasteiger partial charge in [0.15, 0.2) is 0 Å². The molecule has 13 heavy (non-hydrogen) atoms. The van der Waals surface area contributed by atoms with Gasteiger partial charge >= 0.3 is 0 Å². The lowest BCUT2D eigenvalue weighted by Crippen LogP contribution is -2.01. The Balaban J connectivity index is 2.53. The van der Waals surface area contributed by atoms with Gasteiger partial charge in [0.25, 0.3) is 0 Å². The molecule has 3 heteroatoms. The molecule has 0 saturated heterocycles. The predicted octanol–water partition coefficient (Wildman–Crippen LogP) is 2.26. The van der Waals surface area contributed by atoms with E-state index in [1.807, 2.05) is 13.1 Å². The number of aliphatic hydroxyl groups excluding tert-OH is 1. The summed E-state index contributed by atoms with van der Waals surface area (Å²) >= 11 is 1.72. The molecule has 0 aliphatic rings. The van der Waals surface area contributed by atoms with Crippen molar-refractivity contribution in [3.8, 4) is 0 Å². The maximum atomic E-state index is 9.18. The lowest BCUT2D eigenvalue weighted by atomic mass is 10.1. The van der Waals surface area contributed by atoms with E-state index < -0.39 is 0 Å². The number of hydrogen-bond acceptors (Lipinski definition) is 3. The molecule has 74 valence electrons. The van der Waals surface area contributed by atoms with Gasteiger partial charge in [0.1, 0.15) is 0 Å². The van der Waals surface area contributed by atoms with Crippen molar-refractivity contribution in [2.75, 3.05) is 0 Å². The van der Waals surface area contributed by atoms with Crippen molar-refractivity contribution in [3.63, 3.8) is 0 Å². The van der Waals surface area contributed by atoms with E-state index in [4.69, 9.17) is 0 Å². The molecule has 0 saturated carbocycles. The molecule has 0 radical (unpaired) electrons. The molecule has 1 rings (SSSR count). The minimum atomic E-state index is -0.257. The summed E-state index contributed by atoms with van der Waals surface area (Å²) < 4.78 is 0. The third-order valence-corrected chi connectivity index (χ3v) is 2.72. The molecule has 1 aromatic rings. The summed E-state index contributed by atoms with van der Waals surface area (Å²) in [4.78, 5) is 5.50.